The predicted octanol–water partition coefficient (Wildman–Crippen LogP) is 4.16. The van der Waals surface area contributed by atoms with Crippen LogP contribution in [0.5, 0.6) is 5.75 Å². The van der Waals surface area contributed by atoms with Crippen molar-refractivity contribution in [1.82, 2.24) is 5.32 Å². The normalized spacial score (nSPS) is 11.8. The van der Waals surface area contributed by atoms with Gasteiger partial charge in [0.05, 0.1) is 6.04 Å². The van der Waals surface area contributed by atoms with E-state index in [4.69, 9.17) is 16.3 Å². The molecule has 2 rings (SSSR count). The van der Waals surface area contributed by atoms with Gasteiger partial charge in [-0.1, -0.05) is 41.9 Å². The zero-order valence-corrected chi connectivity index (χ0v) is 14.3. The van der Waals surface area contributed by atoms with Gasteiger partial charge in [0, 0.05) is 11.4 Å². The smallest absolute Gasteiger partial charge is 0.220 e. The number of nitrogens with one attached hydrogen (secondary N) is 1. The van der Waals surface area contributed by atoms with Crippen molar-refractivity contribution in [1.29, 1.82) is 0 Å². The highest BCUT2D eigenvalue weighted by atomic mass is 35.5. The van der Waals surface area contributed by atoms with Gasteiger partial charge in [0.25, 0.3) is 0 Å². The number of rotatable bonds is 7. The maximum absolute atomic E-state index is 12.0. The molecular weight excluding hydrogens is 310 g/mol. The molecule has 0 spiro atoms. The second-order valence-corrected chi connectivity index (χ2v) is 6.11. The molecule has 1 amide bonds. The fourth-order valence-electron chi connectivity index (χ4n) is 2.23. The van der Waals surface area contributed by atoms with Gasteiger partial charge in [-0.15, -0.1) is 0 Å². The summed E-state index contributed by atoms with van der Waals surface area (Å²) in [5.41, 5.74) is 2.20. The van der Waals surface area contributed by atoms with Crippen molar-refractivity contribution < 1.29 is 9.53 Å². The molecule has 0 aliphatic heterocycles. The lowest BCUT2D eigenvalue weighted by Gasteiger charge is -2.16. The van der Waals surface area contributed by atoms with Crippen molar-refractivity contribution in [2.45, 2.75) is 32.7 Å². The van der Waals surface area contributed by atoms with Gasteiger partial charge in [-0.3, -0.25) is 4.79 Å². The summed E-state index contributed by atoms with van der Waals surface area (Å²) in [5, 5.41) is 3.67. The summed E-state index contributed by atoms with van der Waals surface area (Å²) in [5.74, 6) is 0.885. The van der Waals surface area contributed by atoms with E-state index in [-0.39, 0.29) is 11.9 Å². The summed E-state index contributed by atoms with van der Waals surface area (Å²) >= 11 is 5.85. The first-order valence-electron chi connectivity index (χ1n) is 7.77. The Balaban J connectivity index is 1.72. The second kappa shape index (κ2) is 8.59. The number of hydrogen-bond acceptors (Lipinski definition) is 2. The molecule has 0 unspecified atom stereocenters. The third-order valence-electron chi connectivity index (χ3n) is 3.54. The third-order valence-corrected chi connectivity index (χ3v) is 3.80. The molecule has 3 nitrogen and oxygen atoms in total. The van der Waals surface area contributed by atoms with Crippen LogP contribution in [0.3, 0.4) is 0 Å². The number of carbonyl (C=O) groups excluding carboxylic acids is 1. The van der Waals surface area contributed by atoms with Gasteiger partial charge >= 0.3 is 0 Å². The fraction of sp³-hybridized carbons (Fsp3) is 0.316. The largest absolute Gasteiger partial charge is 0.491 e. The summed E-state index contributed by atoms with van der Waals surface area (Å²) < 4.78 is 5.75. The van der Waals surface area contributed by atoms with Crippen LogP contribution in [-0.4, -0.2) is 18.6 Å². The van der Waals surface area contributed by atoms with Gasteiger partial charge < -0.3 is 10.1 Å². The third kappa shape index (κ3) is 5.95. The minimum Gasteiger partial charge on any atom is -0.491 e. The molecule has 0 fully saturated rings. The molecule has 1 atom stereocenters. The van der Waals surface area contributed by atoms with Crippen LogP contribution in [0.25, 0.3) is 0 Å². The van der Waals surface area contributed by atoms with Crippen molar-refractivity contribution in [3.63, 3.8) is 0 Å². The highest BCUT2D eigenvalue weighted by molar-refractivity contribution is 6.30. The molecule has 122 valence electrons. The number of aryl methyl sites for hydroxylation is 2. The van der Waals surface area contributed by atoms with Crippen LogP contribution < -0.4 is 10.1 Å². The number of amides is 1. The average Bonchev–Trinajstić information content (AvgIpc) is 2.53. The van der Waals surface area contributed by atoms with E-state index in [1.165, 1.54) is 0 Å². The number of halogens is 1. The van der Waals surface area contributed by atoms with E-state index in [0.717, 1.165) is 16.9 Å². The van der Waals surface area contributed by atoms with Crippen LogP contribution in [0.1, 0.15) is 24.5 Å². The number of para-hydroxylation sites is 1. The van der Waals surface area contributed by atoms with Gasteiger partial charge in [0.1, 0.15) is 12.4 Å². The number of benzene rings is 2. The average molecular weight is 332 g/mol. The molecule has 0 bridgehead atoms. The quantitative estimate of drug-likeness (QED) is 0.827. The molecule has 0 aromatic heterocycles. The number of hydrogen-bond donors (Lipinski definition) is 1. The molecule has 0 saturated carbocycles. The Hall–Kier alpha value is -2.00. The van der Waals surface area contributed by atoms with Crippen molar-refractivity contribution in [2.75, 3.05) is 6.61 Å². The highest BCUT2D eigenvalue weighted by Gasteiger charge is 2.09. The van der Waals surface area contributed by atoms with Crippen molar-refractivity contribution in [2.24, 2.45) is 0 Å². The number of ether oxygens (including phenoxy) is 1. The lowest BCUT2D eigenvalue weighted by molar-refractivity contribution is -0.121. The molecule has 0 radical (unpaired) electrons. The number of carbonyl (C=O) groups is 1. The molecular formula is C19H22ClNO2. The van der Waals surface area contributed by atoms with Crippen molar-refractivity contribution >= 4 is 17.5 Å². The predicted molar refractivity (Wildman–Crippen MR) is 94.1 cm³/mol. The monoisotopic (exact) mass is 331 g/mol. The van der Waals surface area contributed by atoms with E-state index in [1.807, 2.05) is 62.4 Å². The maximum atomic E-state index is 12.0. The van der Waals surface area contributed by atoms with Gasteiger partial charge in [-0.2, -0.15) is 0 Å². The molecule has 0 aliphatic carbocycles. The van der Waals surface area contributed by atoms with Crippen LogP contribution in [-0.2, 0) is 11.2 Å². The van der Waals surface area contributed by atoms with Crippen molar-refractivity contribution in [3.05, 3.63) is 64.7 Å². The maximum Gasteiger partial charge on any atom is 0.220 e. The topological polar surface area (TPSA) is 38.3 Å². The molecule has 23 heavy (non-hydrogen) atoms. The van der Waals surface area contributed by atoms with E-state index in [1.54, 1.807) is 0 Å². The molecule has 1 N–H and O–H groups in total. The lowest BCUT2D eigenvalue weighted by atomic mass is 10.1. The first-order chi connectivity index (χ1) is 11.0. The first-order valence-corrected chi connectivity index (χ1v) is 8.14. The Kier molecular flexibility index (Phi) is 6.48. The fourth-order valence-corrected chi connectivity index (χ4v) is 2.36. The van der Waals surface area contributed by atoms with E-state index in [0.29, 0.717) is 24.5 Å². The Morgan fingerprint density at radius 2 is 1.87 bits per heavy atom. The van der Waals surface area contributed by atoms with E-state index >= 15 is 0 Å². The van der Waals surface area contributed by atoms with Crippen LogP contribution >= 0.6 is 11.6 Å². The summed E-state index contributed by atoms with van der Waals surface area (Å²) in [6.45, 7) is 4.40. The highest BCUT2D eigenvalue weighted by Crippen LogP contribution is 2.16. The van der Waals surface area contributed by atoms with E-state index in [2.05, 4.69) is 5.32 Å². The second-order valence-electron chi connectivity index (χ2n) is 5.67. The van der Waals surface area contributed by atoms with Crippen molar-refractivity contribution in [3.8, 4) is 5.75 Å². The Morgan fingerprint density at radius 1 is 1.17 bits per heavy atom. The van der Waals surface area contributed by atoms with Crippen LogP contribution in [0.2, 0.25) is 5.02 Å². The van der Waals surface area contributed by atoms with Crippen LogP contribution in [0.4, 0.5) is 0 Å². The first kappa shape index (κ1) is 17.4. The van der Waals surface area contributed by atoms with Gasteiger partial charge in [-0.05, 0) is 49.6 Å². The Bertz CT molecular complexity index is 640. The zero-order chi connectivity index (χ0) is 16.7. The summed E-state index contributed by atoms with van der Waals surface area (Å²) in [7, 11) is 0. The molecule has 4 heteroatoms. The Labute approximate surface area is 142 Å². The standard InChI is InChI=1S/C19H22ClNO2/c1-14-5-3-4-6-18(14)23-13-15(2)21-19(22)12-9-16-7-10-17(20)11-8-16/h3-8,10-11,15H,9,12-13H2,1-2H3,(H,21,22)/t15-/m1/s1. The minimum atomic E-state index is -0.0349. The summed E-state index contributed by atoms with van der Waals surface area (Å²) in [6.07, 6.45) is 1.16. The Morgan fingerprint density at radius 3 is 2.57 bits per heavy atom. The zero-order valence-electron chi connectivity index (χ0n) is 13.5. The van der Waals surface area contributed by atoms with E-state index in [9.17, 15) is 4.79 Å². The minimum absolute atomic E-state index is 0.0285. The van der Waals surface area contributed by atoms with E-state index < -0.39 is 0 Å². The summed E-state index contributed by atoms with van der Waals surface area (Å²) in [4.78, 5) is 12.0. The summed E-state index contributed by atoms with van der Waals surface area (Å²) in [6, 6.07) is 15.4. The molecule has 2 aromatic rings. The van der Waals surface area contributed by atoms with Gasteiger partial charge in [-0.25, -0.2) is 0 Å². The molecule has 0 saturated heterocycles. The molecule has 0 aliphatic rings. The SMILES string of the molecule is Cc1ccccc1OC[C@@H](C)NC(=O)CCc1ccc(Cl)cc1. The molecule has 2 aromatic carbocycles. The lowest BCUT2D eigenvalue weighted by Crippen LogP contribution is -2.36. The van der Waals surface area contributed by atoms with Crippen LogP contribution in [0, 0.1) is 6.92 Å². The van der Waals surface area contributed by atoms with Gasteiger partial charge in [0.2, 0.25) is 5.91 Å². The van der Waals surface area contributed by atoms with Crippen LogP contribution in [0.15, 0.2) is 48.5 Å². The van der Waals surface area contributed by atoms with Gasteiger partial charge in [0.15, 0.2) is 0 Å². The molecule has 0 heterocycles.